The molecule has 7 nitrogen and oxygen atoms in total. The fraction of sp³-hybridized carbons (Fsp3) is 0.118. The highest BCUT2D eigenvalue weighted by Crippen LogP contribution is 2.33. The lowest BCUT2D eigenvalue weighted by molar-refractivity contribution is 0.102. The van der Waals surface area contributed by atoms with Crippen molar-refractivity contribution in [1.29, 1.82) is 0 Å². The van der Waals surface area contributed by atoms with Gasteiger partial charge < -0.3 is 14.8 Å². The highest BCUT2D eigenvalue weighted by molar-refractivity contribution is 6.05. The maximum absolute atomic E-state index is 13.0. The summed E-state index contributed by atoms with van der Waals surface area (Å²) in [6, 6.07) is 10.3. The SMILES string of the molecule is COc1ccc(-c2nonc2NC(=O)c2ccc(F)cc2)cc1OC. The summed E-state index contributed by atoms with van der Waals surface area (Å²) in [7, 11) is 3.05. The number of nitrogens with one attached hydrogen (secondary N) is 1. The third-order valence-corrected chi connectivity index (χ3v) is 3.48. The maximum Gasteiger partial charge on any atom is 0.256 e. The Labute approximate surface area is 142 Å². The number of rotatable bonds is 5. The average Bonchev–Trinajstić information content (AvgIpc) is 3.09. The summed E-state index contributed by atoms with van der Waals surface area (Å²) < 4.78 is 28.1. The molecule has 1 N–H and O–H groups in total. The van der Waals surface area contributed by atoms with Gasteiger partial charge in [-0.15, -0.1) is 0 Å². The number of methoxy groups -OCH3 is 2. The summed E-state index contributed by atoms with van der Waals surface area (Å²) in [5.41, 5.74) is 1.23. The minimum absolute atomic E-state index is 0.140. The summed E-state index contributed by atoms with van der Waals surface area (Å²) >= 11 is 0. The number of benzene rings is 2. The number of anilines is 1. The number of ether oxygens (including phenoxy) is 2. The first kappa shape index (κ1) is 16.4. The quantitative estimate of drug-likeness (QED) is 0.766. The molecule has 0 spiro atoms. The second kappa shape index (κ2) is 7.00. The van der Waals surface area contributed by atoms with Gasteiger partial charge in [0.15, 0.2) is 17.2 Å². The molecular weight excluding hydrogens is 329 g/mol. The molecule has 0 unspecified atom stereocenters. The molecular formula is C17H14FN3O4. The fourth-order valence-corrected chi connectivity index (χ4v) is 2.22. The molecule has 0 atom stereocenters. The Morgan fingerprint density at radius 2 is 1.76 bits per heavy atom. The molecule has 0 bridgehead atoms. The van der Waals surface area contributed by atoms with Crippen LogP contribution >= 0.6 is 0 Å². The third-order valence-electron chi connectivity index (χ3n) is 3.48. The second-order valence-corrected chi connectivity index (χ2v) is 4.99. The van der Waals surface area contributed by atoms with E-state index in [0.29, 0.717) is 22.8 Å². The number of halogens is 1. The van der Waals surface area contributed by atoms with E-state index in [0.717, 1.165) is 0 Å². The highest BCUT2D eigenvalue weighted by atomic mass is 19.1. The van der Waals surface area contributed by atoms with E-state index in [1.54, 1.807) is 18.2 Å². The maximum atomic E-state index is 13.0. The number of carbonyl (C=O) groups excluding carboxylic acids is 1. The van der Waals surface area contributed by atoms with Gasteiger partial charge in [-0.05, 0) is 52.8 Å². The van der Waals surface area contributed by atoms with Crippen LogP contribution in [0.25, 0.3) is 11.3 Å². The third kappa shape index (κ3) is 3.42. The molecule has 0 fully saturated rings. The predicted octanol–water partition coefficient (Wildman–Crippen LogP) is 3.15. The van der Waals surface area contributed by atoms with Crippen LogP contribution < -0.4 is 14.8 Å². The first-order chi connectivity index (χ1) is 12.1. The molecule has 1 amide bonds. The van der Waals surface area contributed by atoms with Gasteiger partial charge >= 0.3 is 0 Å². The van der Waals surface area contributed by atoms with E-state index >= 15 is 0 Å². The molecule has 3 aromatic rings. The lowest BCUT2D eigenvalue weighted by Crippen LogP contribution is -2.12. The zero-order valence-electron chi connectivity index (χ0n) is 13.4. The Hall–Kier alpha value is -3.42. The molecule has 0 saturated carbocycles. The highest BCUT2D eigenvalue weighted by Gasteiger charge is 2.18. The topological polar surface area (TPSA) is 86.5 Å². The minimum atomic E-state index is -0.461. The second-order valence-electron chi connectivity index (χ2n) is 4.99. The van der Waals surface area contributed by atoms with Crippen LogP contribution in [0.2, 0.25) is 0 Å². The van der Waals surface area contributed by atoms with Gasteiger partial charge in [0.25, 0.3) is 5.91 Å². The Morgan fingerprint density at radius 3 is 2.44 bits per heavy atom. The molecule has 0 radical (unpaired) electrons. The van der Waals surface area contributed by atoms with E-state index in [9.17, 15) is 9.18 Å². The number of carbonyl (C=O) groups is 1. The van der Waals surface area contributed by atoms with Gasteiger partial charge in [-0.1, -0.05) is 0 Å². The summed E-state index contributed by atoms with van der Waals surface area (Å²) in [4.78, 5) is 12.2. The van der Waals surface area contributed by atoms with E-state index in [1.165, 1.54) is 38.5 Å². The minimum Gasteiger partial charge on any atom is -0.493 e. The number of hydrogen-bond donors (Lipinski definition) is 1. The first-order valence-electron chi connectivity index (χ1n) is 7.24. The van der Waals surface area contributed by atoms with Crippen LogP contribution in [0, 0.1) is 5.82 Å². The van der Waals surface area contributed by atoms with Gasteiger partial charge in [0.1, 0.15) is 5.82 Å². The van der Waals surface area contributed by atoms with Gasteiger partial charge in [0.2, 0.25) is 5.82 Å². The van der Waals surface area contributed by atoms with Crippen LogP contribution in [0.1, 0.15) is 10.4 Å². The van der Waals surface area contributed by atoms with Crippen molar-refractivity contribution >= 4 is 11.7 Å². The van der Waals surface area contributed by atoms with Crippen LogP contribution in [0.5, 0.6) is 11.5 Å². The van der Waals surface area contributed by atoms with Crippen molar-refractivity contribution in [3.8, 4) is 22.8 Å². The largest absolute Gasteiger partial charge is 0.493 e. The Balaban J connectivity index is 1.88. The summed E-state index contributed by atoms with van der Waals surface area (Å²) in [5, 5.41) is 10.1. The fourth-order valence-electron chi connectivity index (χ4n) is 2.22. The van der Waals surface area contributed by atoms with Crippen molar-refractivity contribution in [1.82, 2.24) is 10.3 Å². The van der Waals surface area contributed by atoms with Crippen molar-refractivity contribution in [3.63, 3.8) is 0 Å². The van der Waals surface area contributed by atoms with Crippen molar-refractivity contribution in [2.45, 2.75) is 0 Å². The summed E-state index contributed by atoms with van der Waals surface area (Å²) in [5.74, 6) is 0.308. The van der Waals surface area contributed by atoms with Gasteiger partial charge in [-0.2, -0.15) is 0 Å². The van der Waals surface area contributed by atoms with Crippen molar-refractivity contribution in [2.75, 3.05) is 19.5 Å². The number of hydrogen-bond acceptors (Lipinski definition) is 6. The van der Waals surface area contributed by atoms with E-state index in [2.05, 4.69) is 15.6 Å². The lowest BCUT2D eigenvalue weighted by Gasteiger charge is -2.09. The summed E-state index contributed by atoms with van der Waals surface area (Å²) in [6.45, 7) is 0. The van der Waals surface area contributed by atoms with E-state index in [1.807, 2.05) is 0 Å². The molecule has 1 aromatic heterocycles. The predicted molar refractivity (Wildman–Crippen MR) is 87.2 cm³/mol. The van der Waals surface area contributed by atoms with E-state index in [4.69, 9.17) is 14.1 Å². The van der Waals surface area contributed by atoms with Crippen molar-refractivity contribution in [3.05, 3.63) is 53.8 Å². The Morgan fingerprint density at radius 1 is 1.04 bits per heavy atom. The lowest BCUT2D eigenvalue weighted by atomic mass is 10.1. The molecule has 25 heavy (non-hydrogen) atoms. The zero-order chi connectivity index (χ0) is 17.8. The molecule has 128 valence electrons. The van der Waals surface area contributed by atoms with Crippen molar-refractivity contribution < 1.29 is 23.3 Å². The molecule has 0 saturated heterocycles. The van der Waals surface area contributed by atoms with Crippen LogP contribution in [0.3, 0.4) is 0 Å². The molecule has 3 rings (SSSR count). The van der Waals surface area contributed by atoms with Gasteiger partial charge in [0.05, 0.1) is 14.2 Å². The monoisotopic (exact) mass is 343 g/mol. The summed E-state index contributed by atoms with van der Waals surface area (Å²) in [6.07, 6.45) is 0. The van der Waals surface area contributed by atoms with Gasteiger partial charge in [-0.3, -0.25) is 4.79 Å². The Kier molecular flexibility index (Phi) is 4.60. The molecule has 0 aliphatic heterocycles. The molecule has 0 aliphatic carbocycles. The van der Waals surface area contributed by atoms with Gasteiger partial charge in [0, 0.05) is 11.1 Å². The van der Waals surface area contributed by atoms with Gasteiger partial charge in [-0.25, -0.2) is 9.02 Å². The first-order valence-corrected chi connectivity index (χ1v) is 7.24. The molecule has 1 heterocycles. The number of nitrogens with zero attached hydrogens (tertiary/aromatic N) is 2. The zero-order valence-corrected chi connectivity index (χ0v) is 13.4. The van der Waals surface area contributed by atoms with Crippen LogP contribution in [-0.2, 0) is 0 Å². The van der Waals surface area contributed by atoms with Crippen LogP contribution in [0.15, 0.2) is 47.1 Å². The standard InChI is InChI=1S/C17H14FN3O4/c1-23-13-8-5-11(9-14(13)24-2)15-16(21-25-20-15)19-17(22)10-3-6-12(18)7-4-10/h3-9H,1-2H3,(H,19,21,22). The Bertz CT molecular complexity index is 893. The average molecular weight is 343 g/mol. The number of amides is 1. The molecule has 8 heteroatoms. The van der Waals surface area contributed by atoms with Crippen LogP contribution in [-0.4, -0.2) is 30.4 Å². The van der Waals surface area contributed by atoms with Crippen LogP contribution in [0.4, 0.5) is 10.2 Å². The normalized spacial score (nSPS) is 10.4. The number of aromatic nitrogens is 2. The van der Waals surface area contributed by atoms with Crippen molar-refractivity contribution in [2.24, 2.45) is 0 Å². The molecule has 2 aromatic carbocycles. The smallest absolute Gasteiger partial charge is 0.256 e. The van der Waals surface area contributed by atoms with E-state index < -0.39 is 11.7 Å². The van der Waals surface area contributed by atoms with E-state index in [-0.39, 0.29) is 11.4 Å². The molecule has 0 aliphatic rings.